The number of hydrogen-bond donors (Lipinski definition) is 1. The van der Waals surface area contributed by atoms with Crippen molar-refractivity contribution in [3.8, 4) is 5.75 Å². The fraction of sp³-hybridized carbons (Fsp3) is 0.267. The number of likely N-dealkylation sites (tertiary alicyclic amines) is 1. The summed E-state index contributed by atoms with van der Waals surface area (Å²) in [6.07, 6.45) is 4.04. The molecule has 0 radical (unpaired) electrons. The van der Waals surface area contributed by atoms with E-state index in [-0.39, 0.29) is 24.5 Å². The number of amides is 1. The minimum Gasteiger partial charge on any atom is -0.507 e. The van der Waals surface area contributed by atoms with Gasteiger partial charge in [-0.1, -0.05) is 25.1 Å². The summed E-state index contributed by atoms with van der Waals surface area (Å²) in [7, 11) is 0. The molecule has 8 nitrogen and oxygen atoms in total. The minimum atomic E-state index is -0.843. The maximum absolute atomic E-state index is 13.3. The summed E-state index contributed by atoms with van der Waals surface area (Å²) in [4.78, 5) is 44.1. The van der Waals surface area contributed by atoms with E-state index in [0.29, 0.717) is 34.6 Å². The molecular weight excluding hydrogens is 484 g/mol. The maximum atomic E-state index is 13.3. The quantitative estimate of drug-likeness (QED) is 0.186. The van der Waals surface area contributed by atoms with Gasteiger partial charge in [-0.2, -0.15) is 0 Å². The second-order valence-electron chi connectivity index (χ2n) is 8.96. The monoisotopic (exact) mass is 514 g/mol. The number of ketones is 1. The van der Waals surface area contributed by atoms with Crippen molar-refractivity contribution in [3.63, 3.8) is 0 Å². The van der Waals surface area contributed by atoms with Crippen LogP contribution in [0.15, 0.2) is 72.6 Å². The van der Waals surface area contributed by atoms with Crippen LogP contribution >= 0.6 is 0 Å². The molecule has 1 fully saturated rings. The molecule has 3 aromatic rings. The standard InChI is InChI=1S/C30H30N2O6/c1-4-15-38-24-13-12-22(16-19(24)3)27(33)25-26(23-7-6-14-31-17-23)32(29(35)28(25)34)18-20-8-10-21(11-9-20)30(36)37-5-2/h6-14,16-17,26,33H,4-5,15,18H2,1-3H3/b27-25-. The Bertz CT molecular complexity index is 1370. The van der Waals surface area contributed by atoms with Crippen molar-refractivity contribution in [2.45, 2.75) is 39.8 Å². The molecule has 1 aliphatic heterocycles. The number of nitrogens with zero attached hydrogens (tertiary/aromatic N) is 2. The first-order valence-corrected chi connectivity index (χ1v) is 12.5. The fourth-order valence-electron chi connectivity index (χ4n) is 4.41. The third-order valence-corrected chi connectivity index (χ3v) is 6.27. The summed E-state index contributed by atoms with van der Waals surface area (Å²) in [5, 5.41) is 11.3. The van der Waals surface area contributed by atoms with E-state index < -0.39 is 23.7 Å². The summed E-state index contributed by atoms with van der Waals surface area (Å²) in [6, 6.07) is 14.5. The predicted octanol–water partition coefficient (Wildman–Crippen LogP) is 4.98. The van der Waals surface area contributed by atoms with Crippen molar-refractivity contribution in [2.75, 3.05) is 13.2 Å². The molecule has 1 amide bonds. The molecule has 0 bridgehead atoms. The van der Waals surface area contributed by atoms with Gasteiger partial charge in [0, 0.05) is 24.5 Å². The molecule has 1 aliphatic rings. The van der Waals surface area contributed by atoms with Crippen LogP contribution < -0.4 is 4.74 Å². The van der Waals surface area contributed by atoms with Crippen molar-refractivity contribution < 1.29 is 29.0 Å². The van der Waals surface area contributed by atoms with Crippen molar-refractivity contribution in [1.29, 1.82) is 0 Å². The van der Waals surface area contributed by atoms with Gasteiger partial charge in [-0.15, -0.1) is 0 Å². The topological polar surface area (TPSA) is 106 Å². The highest BCUT2D eigenvalue weighted by molar-refractivity contribution is 6.46. The van der Waals surface area contributed by atoms with E-state index in [1.807, 2.05) is 13.8 Å². The number of aliphatic hydroxyl groups excluding tert-OH is 1. The van der Waals surface area contributed by atoms with Crippen LogP contribution in [0.3, 0.4) is 0 Å². The van der Waals surface area contributed by atoms with Crippen LogP contribution in [0, 0.1) is 6.92 Å². The van der Waals surface area contributed by atoms with Gasteiger partial charge in [-0.25, -0.2) is 4.79 Å². The predicted molar refractivity (Wildman–Crippen MR) is 141 cm³/mol. The van der Waals surface area contributed by atoms with Crippen LogP contribution in [0.25, 0.3) is 5.76 Å². The molecule has 1 unspecified atom stereocenters. The number of benzene rings is 2. The fourth-order valence-corrected chi connectivity index (χ4v) is 4.41. The molecule has 0 saturated carbocycles. The summed E-state index contributed by atoms with van der Waals surface area (Å²) >= 11 is 0. The number of Topliss-reactive ketones (excluding diaryl/α,β-unsaturated/α-hetero) is 1. The van der Waals surface area contributed by atoms with Crippen molar-refractivity contribution in [3.05, 3.63) is 100 Å². The summed E-state index contributed by atoms with van der Waals surface area (Å²) in [5.41, 5.74) is 2.91. The van der Waals surface area contributed by atoms with Gasteiger partial charge < -0.3 is 19.5 Å². The Morgan fingerprint density at radius 1 is 1.05 bits per heavy atom. The highest BCUT2D eigenvalue weighted by atomic mass is 16.5. The summed E-state index contributed by atoms with van der Waals surface area (Å²) in [6.45, 7) is 6.54. The Labute approximate surface area is 221 Å². The largest absolute Gasteiger partial charge is 0.507 e. The Morgan fingerprint density at radius 3 is 2.42 bits per heavy atom. The van der Waals surface area contributed by atoms with Crippen LogP contribution in [-0.4, -0.2) is 45.9 Å². The molecule has 38 heavy (non-hydrogen) atoms. The van der Waals surface area contributed by atoms with E-state index >= 15 is 0 Å². The van der Waals surface area contributed by atoms with E-state index in [4.69, 9.17) is 9.47 Å². The molecule has 0 spiro atoms. The smallest absolute Gasteiger partial charge is 0.338 e. The third-order valence-electron chi connectivity index (χ3n) is 6.27. The molecule has 1 aromatic heterocycles. The normalized spacial score (nSPS) is 16.5. The molecule has 8 heteroatoms. The van der Waals surface area contributed by atoms with Crippen LogP contribution in [0.1, 0.15) is 58.9 Å². The Kier molecular flexibility index (Phi) is 8.21. The van der Waals surface area contributed by atoms with Crippen molar-refractivity contribution in [1.82, 2.24) is 9.88 Å². The van der Waals surface area contributed by atoms with E-state index in [1.165, 1.54) is 4.90 Å². The number of ether oxygens (including phenoxy) is 2. The third kappa shape index (κ3) is 5.44. The molecule has 2 heterocycles. The van der Waals surface area contributed by atoms with Crippen molar-refractivity contribution >= 4 is 23.4 Å². The second-order valence-corrected chi connectivity index (χ2v) is 8.96. The van der Waals surface area contributed by atoms with Gasteiger partial charge in [0.25, 0.3) is 11.7 Å². The van der Waals surface area contributed by atoms with Gasteiger partial charge in [0.05, 0.1) is 30.4 Å². The SMILES string of the molecule is CCCOc1ccc(/C(O)=C2/C(=O)C(=O)N(Cc3ccc(C(=O)OCC)cc3)C2c2cccnc2)cc1C. The number of carbonyl (C=O) groups excluding carboxylic acids is 3. The lowest BCUT2D eigenvalue weighted by atomic mass is 9.95. The zero-order chi connectivity index (χ0) is 27.2. The lowest BCUT2D eigenvalue weighted by Crippen LogP contribution is -2.29. The summed E-state index contributed by atoms with van der Waals surface area (Å²) < 4.78 is 10.8. The number of pyridine rings is 1. The van der Waals surface area contributed by atoms with Gasteiger partial charge in [0.15, 0.2) is 0 Å². The van der Waals surface area contributed by atoms with Gasteiger partial charge in [0.2, 0.25) is 0 Å². The van der Waals surface area contributed by atoms with Crippen LogP contribution in [0.5, 0.6) is 5.75 Å². The Hall–Kier alpha value is -4.46. The first-order chi connectivity index (χ1) is 18.3. The highest BCUT2D eigenvalue weighted by Gasteiger charge is 2.46. The van der Waals surface area contributed by atoms with Crippen LogP contribution in [0.2, 0.25) is 0 Å². The first-order valence-electron chi connectivity index (χ1n) is 12.5. The highest BCUT2D eigenvalue weighted by Crippen LogP contribution is 2.40. The molecule has 1 N–H and O–H groups in total. The first kappa shape index (κ1) is 26.6. The van der Waals surface area contributed by atoms with E-state index in [9.17, 15) is 19.5 Å². The zero-order valence-corrected chi connectivity index (χ0v) is 21.6. The number of carbonyl (C=O) groups is 3. The van der Waals surface area contributed by atoms with Gasteiger partial charge in [0.1, 0.15) is 11.5 Å². The van der Waals surface area contributed by atoms with Gasteiger partial charge in [-0.3, -0.25) is 14.6 Å². The van der Waals surface area contributed by atoms with Crippen LogP contribution in [0.4, 0.5) is 0 Å². The molecule has 196 valence electrons. The minimum absolute atomic E-state index is 0.00669. The number of hydrogen-bond acceptors (Lipinski definition) is 7. The van der Waals surface area contributed by atoms with E-state index in [0.717, 1.165) is 12.0 Å². The van der Waals surface area contributed by atoms with E-state index in [1.54, 1.807) is 73.9 Å². The lowest BCUT2D eigenvalue weighted by Gasteiger charge is -2.25. The number of aliphatic hydroxyl groups is 1. The molecule has 4 rings (SSSR count). The van der Waals surface area contributed by atoms with Crippen molar-refractivity contribution in [2.24, 2.45) is 0 Å². The Morgan fingerprint density at radius 2 is 1.79 bits per heavy atom. The maximum Gasteiger partial charge on any atom is 0.338 e. The lowest BCUT2D eigenvalue weighted by molar-refractivity contribution is -0.140. The molecule has 0 aliphatic carbocycles. The summed E-state index contributed by atoms with van der Waals surface area (Å²) in [5.74, 6) is -1.50. The number of aromatic nitrogens is 1. The molecular formula is C30H30N2O6. The average Bonchev–Trinajstić information content (AvgIpc) is 3.18. The van der Waals surface area contributed by atoms with E-state index in [2.05, 4.69) is 4.98 Å². The Balaban J connectivity index is 1.72. The van der Waals surface area contributed by atoms with Gasteiger partial charge in [-0.05, 0) is 73.4 Å². The number of rotatable bonds is 9. The average molecular weight is 515 g/mol. The molecule has 1 saturated heterocycles. The molecule has 1 atom stereocenters. The zero-order valence-electron chi connectivity index (χ0n) is 21.6. The number of esters is 1. The van der Waals surface area contributed by atoms with Gasteiger partial charge >= 0.3 is 5.97 Å². The number of aryl methyl sites for hydroxylation is 1. The second kappa shape index (κ2) is 11.7. The molecule has 2 aromatic carbocycles. The van der Waals surface area contributed by atoms with Crippen LogP contribution in [-0.2, 0) is 20.9 Å².